The lowest BCUT2D eigenvalue weighted by Crippen LogP contribution is -2.27. The van der Waals surface area contributed by atoms with Crippen LogP contribution in [0.3, 0.4) is 0 Å². The number of carbonyl (C=O) groups excluding carboxylic acids is 1. The minimum Gasteiger partial charge on any atom is -0.486 e. The molecule has 1 N–H and O–H groups in total. The number of carbonyl (C=O) groups is 1. The summed E-state index contributed by atoms with van der Waals surface area (Å²) < 4.78 is 11.0. The number of aryl methyl sites for hydroxylation is 2. The van der Waals surface area contributed by atoms with Crippen LogP contribution in [-0.2, 0) is 0 Å². The second-order valence-electron chi connectivity index (χ2n) is 5.91. The summed E-state index contributed by atoms with van der Waals surface area (Å²) in [5, 5.41) is 3.05. The van der Waals surface area contributed by atoms with Gasteiger partial charge in [0, 0.05) is 5.56 Å². The van der Waals surface area contributed by atoms with Gasteiger partial charge in [0.05, 0.1) is 6.04 Å². The Morgan fingerprint density at radius 3 is 2.57 bits per heavy atom. The van der Waals surface area contributed by atoms with Crippen molar-refractivity contribution in [2.75, 3.05) is 13.2 Å². The fraction of sp³-hybridized carbons (Fsp3) is 0.316. The van der Waals surface area contributed by atoms with Gasteiger partial charge in [-0.2, -0.15) is 0 Å². The lowest BCUT2D eigenvalue weighted by atomic mass is 9.99. The van der Waals surface area contributed by atoms with Gasteiger partial charge in [-0.15, -0.1) is 0 Å². The number of rotatable bonds is 3. The highest BCUT2D eigenvalue weighted by Crippen LogP contribution is 2.31. The predicted octanol–water partition coefficient (Wildman–Crippen LogP) is 3.57. The number of amides is 1. The fourth-order valence-corrected chi connectivity index (χ4v) is 2.77. The molecule has 0 radical (unpaired) electrons. The summed E-state index contributed by atoms with van der Waals surface area (Å²) >= 11 is 0. The first kappa shape index (κ1) is 15.4. The van der Waals surface area contributed by atoms with Crippen molar-refractivity contribution in [3.63, 3.8) is 0 Å². The molecule has 1 aliphatic rings. The highest BCUT2D eigenvalue weighted by Gasteiger charge is 2.17. The van der Waals surface area contributed by atoms with Crippen LogP contribution in [0.25, 0.3) is 0 Å². The second kappa shape index (κ2) is 6.32. The molecule has 0 saturated carbocycles. The summed E-state index contributed by atoms with van der Waals surface area (Å²) in [5.74, 6) is 1.20. The van der Waals surface area contributed by atoms with E-state index in [0.717, 1.165) is 5.56 Å². The third-order valence-electron chi connectivity index (χ3n) is 4.05. The molecule has 2 aromatic carbocycles. The molecule has 1 atom stereocenters. The number of nitrogens with one attached hydrogen (secondary N) is 1. The Morgan fingerprint density at radius 2 is 1.78 bits per heavy atom. The first-order chi connectivity index (χ1) is 11.0. The molecule has 0 unspecified atom stereocenters. The van der Waals surface area contributed by atoms with Crippen LogP contribution >= 0.6 is 0 Å². The van der Waals surface area contributed by atoms with E-state index in [1.165, 1.54) is 11.1 Å². The molecule has 1 aliphatic heterocycles. The molecule has 3 rings (SSSR count). The van der Waals surface area contributed by atoms with Crippen molar-refractivity contribution in [3.8, 4) is 11.5 Å². The van der Waals surface area contributed by atoms with E-state index in [1.54, 1.807) is 18.2 Å². The maximum atomic E-state index is 12.5. The monoisotopic (exact) mass is 311 g/mol. The minimum atomic E-state index is -0.115. The molecule has 4 nitrogen and oxygen atoms in total. The van der Waals surface area contributed by atoms with Gasteiger partial charge in [0.15, 0.2) is 11.5 Å². The second-order valence-corrected chi connectivity index (χ2v) is 5.91. The van der Waals surface area contributed by atoms with Crippen LogP contribution in [0.2, 0.25) is 0 Å². The highest BCUT2D eigenvalue weighted by atomic mass is 16.6. The number of hydrogen-bond acceptors (Lipinski definition) is 3. The summed E-state index contributed by atoms with van der Waals surface area (Å²) in [6.07, 6.45) is 0. The Kier molecular flexibility index (Phi) is 4.24. The van der Waals surface area contributed by atoms with Gasteiger partial charge in [0.25, 0.3) is 5.91 Å². The van der Waals surface area contributed by atoms with Gasteiger partial charge in [-0.05, 0) is 50.1 Å². The van der Waals surface area contributed by atoms with Crippen molar-refractivity contribution in [2.24, 2.45) is 0 Å². The van der Waals surface area contributed by atoms with Crippen LogP contribution < -0.4 is 14.8 Å². The zero-order valence-corrected chi connectivity index (χ0v) is 13.7. The van der Waals surface area contributed by atoms with Crippen molar-refractivity contribution >= 4 is 5.91 Å². The Labute approximate surface area is 136 Å². The standard InChI is InChI=1S/C19H21NO3/c1-12-4-5-13(2)16(10-12)14(3)20-19(21)15-6-7-17-18(11-15)23-9-8-22-17/h4-7,10-11,14H,8-9H2,1-3H3,(H,20,21)/t14-/m1/s1. The molecule has 2 aromatic rings. The zero-order chi connectivity index (χ0) is 16.4. The molecule has 0 saturated heterocycles. The summed E-state index contributed by atoms with van der Waals surface area (Å²) in [5.41, 5.74) is 4.07. The third-order valence-corrected chi connectivity index (χ3v) is 4.05. The van der Waals surface area contributed by atoms with E-state index in [4.69, 9.17) is 9.47 Å². The van der Waals surface area contributed by atoms with Crippen molar-refractivity contribution in [1.29, 1.82) is 0 Å². The van der Waals surface area contributed by atoms with Gasteiger partial charge < -0.3 is 14.8 Å². The van der Waals surface area contributed by atoms with Crippen LogP contribution in [-0.4, -0.2) is 19.1 Å². The van der Waals surface area contributed by atoms with Crippen LogP contribution in [0.4, 0.5) is 0 Å². The van der Waals surface area contributed by atoms with E-state index >= 15 is 0 Å². The zero-order valence-electron chi connectivity index (χ0n) is 13.7. The average Bonchev–Trinajstić information content (AvgIpc) is 2.56. The largest absolute Gasteiger partial charge is 0.486 e. The molecule has 120 valence electrons. The molecule has 0 spiro atoms. The van der Waals surface area contributed by atoms with Crippen molar-refractivity contribution in [3.05, 3.63) is 58.7 Å². The normalized spacial score (nSPS) is 14.2. The van der Waals surface area contributed by atoms with Gasteiger partial charge in [0.1, 0.15) is 13.2 Å². The van der Waals surface area contributed by atoms with Crippen LogP contribution in [0, 0.1) is 13.8 Å². The number of fused-ring (bicyclic) bond motifs is 1. The van der Waals surface area contributed by atoms with Crippen LogP contribution in [0.1, 0.15) is 40.0 Å². The predicted molar refractivity (Wildman–Crippen MR) is 89.2 cm³/mol. The first-order valence-electron chi connectivity index (χ1n) is 7.82. The lowest BCUT2D eigenvalue weighted by Gasteiger charge is -2.20. The number of ether oxygens (including phenoxy) is 2. The van der Waals surface area contributed by atoms with Crippen LogP contribution in [0.15, 0.2) is 36.4 Å². The number of hydrogen-bond donors (Lipinski definition) is 1. The lowest BCUT2D eigenvalue weighted by molar-refractivity contribution is 0.0938. The molecule has 0 fully saturated rings. The Bertz CT molecular complexity index is 739. The topological polar surface area (TPSA) is 47.6 Å². The van der Waals surface area contributed by atoms with E-state index in [0.29, 0.717) is 30.3 Å². The Hall–Kier alpha value is -2.49. The minimum absolute atomic E-state index is 0.0596. The average molecular weight is 311 g/mol. The van der Waals surface area contributed by atoms with Gasteiger partial charge in [-0.1, -0.05) is 23.8 Å². The molecule has 1 amide bonds. The van der Waals surface area contributed by atoms with Crippen molar-refractivity contribution in [2.45, 2.75) is 26.8 Å². The Morgan fingerprint density at radius 1 is 1.04 bits per heavy atom. The number of benzene rings is 2. The maximum Gasteiger partial charge on any atom is 0.251 e. The molecular weight excluding hydrogens is 290 g/mol. The smallest absolute Gasteiger partial charge is 0.251 e. The summed E-state index contributed by atoms with van der Waals surface area (Å²) in [7, 11) is 0. The molecule has 0 aliphatic carbocycles. The van der Waals surface area contributed by atoms with Crippen LogP contribution in [0.5, 0.6) is 11.5 Å². The third kappa shape index (κ3) is 3.31. The summed E-state index contributed by atoms with van der Waals surface area (Å²) in [6.45, 7) is 7.16. The van der Waals surface area contributed by atoms with Gasteiger partial charge in [-0.25, -0.2) is 0 Å². The van der Waals surface area contributed by atoms with E-state index in [9.17, 15) is 4.79 Å². The molecule has 1 heterocycles. The first-order valence-corrected chi connectivity index (χ1v) is 7.82. The molecular formula is C19H21NO3. The van der Waals surface area contributed by atoms with E-state index in [1.807, 2.05) is 6.92 Å². The Balaban J connectivity index is 1.77. The van der Waals surface area contributed by atoms with E-state index < -0.39 is 0 Å². The van der Waals surface area contributed by atoms with Crippen molar-refractivity contribution in [1.82, 2.24) is 5.32 Å². The fourth-order valence-electron chi connectivity index (χ4n) is 2.77. The quantitative estimate of drug-likeness (QED) is 0.942. The molecule has 4 heteroatoms. The van der Waals surface area contributed by atoms with E-state index in [2.05, 4.69) is 37.4 Å². The molecule has 23 heavy (non-hydrogen) atoms. The molecule has 0 bridgehead atoms. The van der Waals surface area contributed by atoms with Crippen molar-refractivity contribution < 1.29 is 14.3 Å². The van der Waals surface area contributed by atoms with E-state index in [-0.39, 0.29) is 11.9 Å². The summed E-state index contributed by atoms with van der Waals surface area (Å²) in [6, 6.07) is 11.5. The highest BCUT2D eigenvalue weighted by molar-refractivity contribution is 5.95. The van der Waals surface area contributed by atoms with Gasteiger partial charge >= 0.3 is 0 Å². The SMILES string of the molecule is Cc1ccc(C)c([C@@H](C)NC(=O)c2ccc3c(c2)OCCO3)c1. The van der Waals surface area contributed by atoms with Gasteiger partial charge in [0.2, 0.25) is 0 Å². The van der Waals surface area contributed by atoms with Gasteiger partial charge in [-0.3, -0.25) is 4.79 Å². The maximum absolute atomic E-state index is 12.5. The molecule has 0 aromatic heterocycles. The summed E-state index contributed by atoms with van der Waals surface area (Å²) in [4.78, 5) is 12.5.